The molecule has 3 rings (SSSR count). The third kappa shape index (κ3) is 2.61. The lowest BCUT2D eigenvalue weighted by molar-refractivity contribution is -0.384. The zero-order chi connectivity index (χ0) is 14.8. The summed E-state index contributed by atoms with van der Waals surface area (Å²) >= 11 is 0. The second-order valence-corrected chi connectivity index (χ2v) is 4.80. The van der Waals surface area contributed by atoms with E-state index in [0.717, 1.165) is 5.56 Å². The Hall–Kier alpha value is -2.73. The van der Waals surface area contributed by atoms with Gasteiger partial charge in [-0.25, -0.2) is 0 Å². The first-order valence-electron chi connectivity index (χ1n) is 6.51. The van der Waals surface area contributed by atoms with Gasteiger partial charge in [-0.1, -0.05) is 30.3 Å². The van der Waals surface area contributed by atoms with Crippen molar-refractivity contribution in [3.63, 3.8) is 0 Å². The number of nitro benzene ring substituents is 1. The molecule has 1 aliphatic heterocycles. The molecule has 1 heterocycles. The topological polar surface area (TPSA) is 84.3 Å². The van der Waals surface area contributed by atoms with Crippen molar-refractivity contribution in [2.75, 3.05) is 11.9 Å². The van der Waals surface area contributed by atoms with Gasteiger partial charge in [-0.05, 0) is 11.6 Å². The van der Waals surface area contributed by atoms with Crippen LogP contribution in [0.15, 0.2) is 48.5 Å². The minimum Gasteiger partial charge on any atom is -0.325 e. The Morgan fingerprint density at radius 3 is 2.62 bits per heavy atom. The maximum Gasteiger partial charge on any atom is 0.269 e. The Kier molecular flexibility index (Phi) is 3.37. The van der Waals surface area contributed by atoms with E-state index in [-0.39, 0.29) is 24.2 Å². The minimum atomic E-state index is -0.435. The first-order chi connectivity index (χ1) is 10.1. The molecule has 1 amide bonds. The normalized spacial score (nSPS) is 17.5. The number of anilines is 1. The van der Waals surface area contributed by atoms with Gasteiger partial charge in [-0.2, -0.15) is 0 Å². The summed E-state index contributed by atoms with van der Waals surface area (Å²) in [5, 5.41) is 16.9. The van der Waals surface area contributed by atoms with Crippen LogP contribution in [0, 0.1) is 10.1 Å². The van der Waals surface area contributed by atoms with Gasteiger partial charge in [0.25, 0.3) is 5.69 Å². The smallest absolute Gasteiger partial charge is 0.269 e. The summed E-state index contributed by atoms with van der Waals surface area (Å²) in [5.74, 6) is -0.163. The highest BCUT2D eigenvalue weighted by atomic mass is 16.6. The van der Waals surface area contributed by atoms with Crippen molar-refractivity contribution in [2.24, 2.45) is 0 Å². The molecule has 0 fully saturated rings. The second kappa shape index (κ2) is 5.34. The molecule has 0 aliphatic carbocycles. The summed E-state index contributed by atoms with van der Waals surface area (Å²) in [6, 6.07) is 13.8. The molecule has 0 radical (unpaired) electrons. The molecule has 0 saturated carbocycles. The van der Waals surface area contributed by atoms with Crippen molar-refractivity contribution in [2.45, 2.75) is 6.04 Å². The van der Waals surface area contributed by atoms with Gasteiger partial charge in [0.15, 0.2) is 0 Å². The van der Waals surface area contributed by atoms with E-state index in [0.29, 0.717) is 11.3 Å². The van der Waals surface area contributed by atoms with Crippen molar-refractivity contribution < 1.29 is 9.72 Å². The minimum absolute atomic E-state index is 0.00706. The van der Waals surface area contributed by atoms with E-state index in [4.69, 9.17) is 0 Å². The summed E-state index contributed by atoms with van der Waals surface area (Å²) in [6.45, 7) is 0.155. The number of benzene rings is 2. The quantitative estimate of drug-likeness (QED) is 0.654. The molecule has 2 aromatic carbocycles. The fraction of sp³-hybridized carbons (Fsp3) is 0.133. The molecule has 1 aliphatic rings. The molecule has 0 saturated heterocycles. The van der Waals surface area contributed by atoms with Gasteiger partial charge in [-0.15, -0.1) is 0 Å². The molecule has 1 atom stereocenters. The summed E-state index contributed by atoms with van der Waals surface area (Å²) in [4.78, 5) is 22.3. The van der Waals surface area contributed by atoms with Crippen molar-refractivity contribution in [1.29, 1.82) is 0 Å². The molecular formula is C15H13N3O3. The van der Waals surface area contributed by atoms with Crippen LogP contribution in [0.3, 0.4) is 0 Å². The van der Waals surface area contributed by atoms with Gasteiger partial charge in [0, 0.05) is 23.4 Å². The Balaban J connectivity index is 2.13. The SMILES string of the molecule is O=C1CNC(c2ccccc2)c2cc([N+](=O)[O-])ccc2N1. The van der Waals surface area contributed by atoms with Crippen molar-refractivity contribution >= 4 is 17.3 Å². The third-order valence-corrected chi connectivity index (χ3v) is 3.43. The summed E-state index contributed by atoms with van der Waals surface area (Å²) in [5.41, 5.74) is 2.26. The maximum atomic E-state index is 11.7. The number of hydrogen-bond acceptors (Lipinski definition) is 4. The number of carbonyl (C=O) groups excluding carboxylic acids is 1. The molecule has 1 unspecified atom stereocenters. The fourth-order valence-electron chi connectivity index (χ4n) is 2.46. The molecule has 6 heteroatoms. The number of nitro groups is 1. The van der Waals surface area contributed by atoms with Crippen LogP contribution in [0.5, 0.6) is 0 Å². The molecule has 2 aromatic rings. The van der Waals surface area contributed by atoms with Crippen LogP contribution >= 0.6 is 0 Å². The first-order valence-corrected chi connectivity index (χ1v) is 6.51. The third-order valence-electron chi connectivity index (χ3n) is 3.43. The highest BCUT2D eigenvalue weighted by molar-refractivity contribution is 5.94. The zero-order valence-electron chi connectivity index (χ0n) is 11.1. The highest BCUT2D eigenvalue weighted by Gasteiger charge is 2.24. The Labute approximate surface area is 120 Å². The Morgan fingerprint density at radius 2 is 1.90 bits per heavy atom. The number of carbonyl (C=O) groups is 1. The maximum absolute atomic E-state index is 11.7. The van der Waals surface area contributed by atoms with Crippen LogP contribution in [0.1, 0.15) is 17.2 Å². The number of amides is 1. The van der Waals surface area contributed by atoms with Gasteiger partial charge in [0.2, 0.25) is 5.91 Å². The summed E-state index contributed by atoms with van der Waals surface area (Å²) in [7, 11) is 0. The van der Waals surface area contributed by atoms with Gasteiger partial charge < -0.3 is 5.32 Å². The summed E-state index contributed by atoms with van der Waals surface area (Å²) < 4.78 is 0. The second-order valence-electron chi connectivity index (χ2n) is 4.80. The molecule has 106 valence electrons. The zero-order valence-corrected chi connectivity index (χ0v) is 11.1. The predicted molar refractivity (Wildman–Crippen MR) is 78.0 cm³/mol. The molecule has 21 heavy (non-hydrogen) atoms. The van der Waals surface area contributed by atoms with Gasteiger partial charge >= 0.3 is 0 Å². The van der Waals surface area contributed by atoms with E-state index in [1.807, 2.05) is 30.3 Å². The van der Waals surface area contributed by atoms with Crippen LogP contribution < -0.4 is 10.6 Å². The number of hydrogen-bond donors (Lipinski definition) is 2. The lowest BCUT2D eigenvalue weighted by Crippen LogP contribution is -2.27. The fourth-order valence-corrected chi connectivity index (χ4v) is 2.46. The molecule has 2 N–H and O–H groups in total. The molecule has 0 bridgehead atoms. The lowest BCUT2D eigenvalue weighted by atomic mass is 9.97. The Bertz CT molecular complexity index is 701. The number of non-ortho nitro benzene ring substituents is 1. The molecule has 0 spiro atoms. The van der Waals surface area contributed by atoms with Crippen LogP contribution in [-0.4, -0.2) is 17.4 Å². The first kappa shape index (κ1) is 13.3. The monoisotopic (exact) mass is 283 g/mol. The van der Waals surface area contributed by atoms with E-state index >= 15 is 0 Å². The van der Waals surface area contributed by atoms with Crippen molar-refractivity contribution in [3.8, 4) is 0 Å². The van der Waals surface area contributed by atoms with Crippen molar-refractivity contribution in [1.82, 2.24) is 5.32 Å². The largest absolute Gasteiger partial charge is 0.325 e. The van der Waals surface area contributed by atoms with Gasteiger partial charge in [0.1, 0.15) is 0 Å². The summed E-state index contributed by atoms with van der Waals surface area (Å²) in [6.07, 6.45) is 0. The number of rotatable bonds is 2. The standard InChI is InChI=1S/C15H13N3O3/c19-14-9-16-15(10-4-2-1-3-5-10)12-8-11(18(20)21)6-7-13(12)17-14/h1-8,15-16H,9H2,(H,17,19). The number of fused-ring (bicyclic) bond motifs is 1. The number of nitrogens with zero attached hydrogens (tertiary/aromatic N) is 1. The lowest BCUT2D eigenvalue weighted by Gasteiger charge is -2.18. The average molecular weight is 283 g/mol. The highest BCUT2D eigenvalue weighted by Crippen LogP contribution is 2.32. The van der Waals surface area contributed by atoms with E-state index in [2.05, 4.69) is 10.6 Å². The number of nitrogens with one attached hydrogen (secondary N) is 2. The van der Waals surface area contributed by atoms with Gasteiger partial charge in [0.05, 0.1) is 17.5 Å². The van der Waals surface area contributed by atoms with E-state index in [1.165, 1.54) is 12.1 Å². The van der Waals surface area contributed by atoms with Gasteiger partial charge in [-0.3, -0.25) is 20.2 Å². The molecular weight excluding hydrogens is 270 g/mol. The van der Waals surface area contributed by atoms with E-state index in [9.17, 15) is 14.9 Å². The van der Waals surface area contributed by atoms with E-state index < -0.39 is 4.92 Å². The molecule has 6 nitrogen and oxygen atoms in total. The van der Waals surface area contributed by atoms with Crippen LogP contribution in [0.2, 0.25) is 0 Å². The molecule has 0 aromatic heterocycles. The van der Waals surface area contributed by atoms with E-state index in [1.54, 1.807) is 6.07 Å². The Morgan fingerprint density at radius 1 is 1.14 bits per heavy atom. The van der Waals surface area contributed by atoms with Crippen LogP contribution in [0.4, 0.5) is 11.4 Å². The predicted octanol–water partition coefficient (Wildman–Crippen LogP) is 2.23. The average Bonchev–Trinajstić information content (AvgIpc) is 2.65. The van der Waals surface area contributed by atoms with Crippen LogP contribution in [-0.2, 0) is 4.79 Å². The van der Waals surface area contributed by atoms with Crippen LogP contribution in [0.25, 0.3) is 0 Å². The van der Waals surface area contributed by atoms with Crippen molar-refractivity contribution in [3.05, 3.63) is 69.8 Å².